The van der Waals surface area contributed by atoms with E-state index < -0.39 is 5.92 Å². The minimum atomic E-state index is -0.428. The highest BCUT2D eigenvalue weighted by molar-refractivity contribution is 5.87. The molecule has 172 valence electrons. The summed E-state index contributed by atoms with van der Waals surface area (Å²) in [5, 5.41) is 0. The SMILES string of the molecule is O=C(C(c1ccccc1)c1ccccc1)N(CCCN1CCOCC1)Cc1ccccc1F. The van der Waals surface area contributed by atoms with Crippen LogP contribution in [-0.4, -0.2) is 55.1 Å². The first-order chi connectivity index (χ1) is 16.2. The van der Waals surface area contributed by atoms with Crippen molar-refractivity contribution in [3.8, 4) is 0 Å². The first kappa shape index (κ1) is 23.1. The summed E-state index contributed by atoms with van der Waals surface area (Å²) in [6.45, 7) is 5.05. The lowest BCUT2D eigenvalue weighted by molar-refractivity contribution is -0.132. The molecular formula is C28H31FN2O2. The Morgan fingerprint density at radius 3 is 2.06 bits per heavy atom. The van der Waals surface area contributed by atoms with Crippen molar-refractivity contribution in [1.29, 1.82) is 0 Å². The van der Waals surface area contributed by atoms with Crippen LogP contribution in [0.1, 0.15) is 29.0 Å². The molecule has 0 atom stereocenters. The quantitative estimate of drug-likeness (QED) is 0.477. The summed E-state index contributed by atoms with van der Waals surface area (Å²) in [7, 11) is 0. The number of carbonyl (C=O) groups excluding carboxylic acids is 1. The molecule has 0 saturated carbocycles. The summed E-state index contributed by atoms with van der Waals surface area (Å²) >= 11 is 0. The van der Waals surface area contributed by atoms with E-state index in [2.05, 4.69) is 4.90 Å². The van der Waals surface area contributed by atoms with Crippen molar-refractivity contribution >= 4 is 5.91 Å². The van der Waals surface area contributed by atoms with E-state index in [1.807, 2.05) is 71.6 Å². The molecule has 1 amide bonds. The standard InChI is InChI=1S/C28H31FN2O2/c29-26-15-8-7-14-25(26)22-31(17-9-16-30-18-20-33-21-19-30)28(32)27(23-10-3-1-4-11-23)24-12-5-2-6-13-24/h1-8,10-15,27H,9,16-22H2. The zero-order chi connectivity index (χ0) is 22.9. The highest BCUT2D eigenvalue weighted by atomic mass is 19.1. The van der Waals surface area contributed by atoms with Crippen LogP contribution in [0.15, 0.2) is 84.9 Å². The van der Waals surface area contributed by atoms with Gasteiger partial charge in [-0.25, -0.2) is 4.39 Å². The molecule has 33 heavy (non-hydrogen) atoms. The van der Waals surface area contributed by atoms with Gasteiger partial charge >= 0.3 is 0 Å². The molecule has 0 aromatic heterocycles. The van der Waals surface area contributed by atoms with Gasteiger partial charge < -0.3 is 9.64 Å². The lowest BCUT2D eigenvalue weighted by atomic mass is 9.89. The van der Waals surface area contributed by atoms with Gasteiger partial charge in [-0.3, -0.25) is 9.69 Å². The maximum atomic E-state index is 14.5. The number of rotatable bonds is 9. The summed E-state index contributed by atoms with van der Waals surface area (Å²) < 4.78 is 20.0. The monoisotopic (exact) mass is 446 g/mol. The van der Waals surface area contributed by atoms with Gasteiger partial charge in [0.15, 0.2) is 0 Å². The number of hydrogen-bond donors (Lipinski definition) is 0. The summed E-state index contributed by atoms with van der Waals surface area (Å²) in [5.41, 5.74) is 2.43. The second kappa shape index (κ2) is 11.7. The van der Waals surface area contributed by atoms with E-state index in [1.54, 1.807) is 12.1 Å². The third-order valence-electron chi connectivity index (χ3n) is 6.15. The van der Waals surface area contributed by atoms with E-state index in [1.165, 1.54) is 6.07 Å². The molecule has 0 unspecified atom stereocenters. The fourth-order valence-electron chi connectivity index (χ4n) is 4.36. The molecule has 4 rings (SSSR count). The van der Waals surface area contributed by atoms with Crippen molar-refractivity contribution in [1.82, 2.24) is 9.80 Å². The Balaban J connectivity index is 1.58. The van der Waals surface area contributed by atoms with Gasteiger partial charge in [-0.05, 0) is 23.6 Å². The van der Waals surface area contributed by atoms with Crippen molar-refractivity contribution in [2.45, 2.75) is 18.9 Å². The van der Waals surface area contributed by atoms with Crippen LogP contribution in [0.4, 0.5) is 4.39 Å². The molecule has 1 saturated heterocycles. The molecule has 0 aliphatic carbocycles. The largest absolute Gasteiger partial charge is 0.379 e. The topological polar surface area (TPSA) is 32.8 Å². The van der Waals surface area contributed by atoms with E-state index in [-0.39, 0.29) is 18.3 Å². The molecular weight excluding hydrogens is 415 g/mol. The summed E-state index contributed by atoms with van der Waals surface area (Å²) in [4.78, 5) is 18.2. The van der Waals surface area contributed by atoms with Gasteiger partial charge in [0.05, 0.1) is 19.1 Å². The summed E-state index contributed by atoms with van der Waals surface area (Å²) in [5.74, 6) is -0.709. The Hall–Kier alpha value is -3.02. The Bertz CT molecular complexity index is 967. The molecule has 3 aromatic rings. The van der Waals surface area contributed by atoms with Gasteiger partial charge in [-0.15, -0.1) is 0 Å². The van der Waals surface area contributed by atoms with Gasteiger partial charge in [0.1, 0.15) is 5.82 Å². The lowest BCUT2D eigenvalue weighted by Gasteiger charge is -2.30. The van der Waals surface area contributed by atoms with Crippen molar-refractivity contribution in [3.05, 3.63) is 107 Å². The van der Waals surface area contributed by atoms with Crippen molar-refractivity contribution in [2.75, 3.05) is 39.4 Å². The van der Waals surface area contributed by atoms with E-state index in [9.17, 15) is 9.18 Å². The van der Waals surface area contributed by atoms with E-state index in [0.717, 1.165) is 50.4 Å². The van der Waals surface area contributed by atoms with Gasteiger partial charge in [-0.1, -0.05) is 78.9 Å². The Labute approximate surface area is 195 Å². The van der Waals surface area contributed by atoms with Crippen LogP contribution in [-0.2, 0) is 16.1 Å². The summed E-state index contributed by atoms with van der Waals surface area (Å²) in [6, 6.07) is 26.4. The zero-order valence-electron chi connectivity index (χ0n) is 18.9. The maximum absolute atomic E-state index is 14.5. The number of ether oxygens (including phenoxy) is 1. The highest BCUT2D eigenvalue weighted by Crippen LogP contribution is 2.28. The van der Waals surface area contributed by atoms with Crippen LogP contribution in [0.25, 0.3) is 0 Å². The van der Waals surface area contributed by atoms with Gasteiger partial charge in [-0.2, -0.15) is 0 Å². The average molecular weight is 447 g/mol. The molecule has 5 heteroatoms. The molecule has 0 spiro atoms. The van der Waals surface area contributed by atoms with Crippen LogP contribution in [0, 0.1) is 5.82 Å². The predicted molar refractivity (Wildman–Crippen MR) is 128 cm³/mol. The number of benzene rings is 3. The fraction of sp³-hybridized carbons (Fsp3) is 0.321. The molecule has 1 aliphatic rings. The smallest absolute Gasteiger partial charge is 0.234 e. The average Bonchev–Trinajstić information content (AvgIpc) is 2.87. The first-order valence-corrected chi connectivity index (χ1v) is 11.6. The van der Waals surface area contributed by atoms with Crippen LogP contribution in [0.5, 0.6) is 0 Å². The van der Waals surface area contributed by atoms with Crippen LogP contribution in [0.3, 0.4) is 0 Å². The van der Waals surface area contributed by atoms with Gasteiger partial charge in [0, 0.05) is 38.3 Å². The Morgan fingerprint density at radius 1 is 0.879 bits per heavy atom. The van der Waals surface area contributed by atoms with Crippen LogP contribution in [0.2, 0.25) is 0 Å². The minimum absolute atomic E-state index is 0.00219. The number of halogens is 1. The fourth-order valence-corrected chi connectivity index (χ4v) is 4.36. The predicted octanol–water partition coefficient (Wildman–Crippen LogP) is 4.71. The number of morpholine rings is 1. The second-order valence-corrected chi connectivity index (χ2v) is 8.41. The van der Waals surface area contributed by atoms with Crippen molar-refractivity contribution in [3.63, 3.8) is 0 Å². The van der Waals surface area contributed by atoms with Crippen molar-refractivity contribution in [2.24, 2.45) is 0 Å². The van der Waals surface area contributed by atoms with E-state index in [0.29, 0.717) is 12.1 Å². The molecule has 0 N–H and O–H groups in total. The molecule has 4 nitrogen and oxygen atoms in total. The minimum Gasteiger partial charge on any atom is -0.379 e. The normalized spacial score (nSPS) is 14.4. The molecule has 1 heterocycles. The molecule has 0 radical (unpaired) electrons. The Morgan fingerprint density at radius 2 is 1.45 bits per heavy atom. The molecule has 3 aromatic carbocycles. The second-order valence-electron chi connectivity index (χ2n) is 8.41. The molecule has 1 fully saturated rings. The zero-order valence-corrected chi connectivity index (χ0v) is 18.9. The molecule has 0 bridgehead atoms. The molecule has 1 aliphatic heterocycles. The number of hydrogen-bond acceptors (Lipinski definition) is 3. The highest BCUT2D eigenvalue weighted by Gasteiger charge is 2.28. The third kappa shape index (κ3) is 6.28. The number of carbonyl (C=O) groups is 1. The van der Waals surface area contributed by atoms with Gasteiger partial charge in [0.2, 0.25) is 5.91 Å². The number of nitrogens with zero attached hydrogens (tertiary/aromatic N) is 2. The number of amides is 1. The van der Waals surface area contributed by atoms with Gasteiger partial charge in [0.25, 0.3) is 0 Å². The summed E-state index contributed by atoms with van der Waals surface area (Å²) in [6.07, 6.45) is 0.830. The Kier molecular flexibility index (Phi) is 8.23. The van der Waals surface area contributed by atoms with E-state index in [4.69, 9.17) is 4.74 Å². The van der Waals surface area contributed by atoms with Crippen LogP contribution >= 0.6 is 0 Å². The maximum Gasteiger partial charge on any atom is 0.234 e. The lowest BCUT2D eigenvalue weighted by Crippen LogP contribution is -2.40. The van der Waals surface area contributed by atoms with Crippen LogP contribution < -0.4 is 0 Å². The van der Waals surface area contributed by atoms with Crippen molar-refractivity contribution < 1.29 is 13.9 Å². The first-order valence-electron chi connectivity index (χ1n) is 11.6. The third-order valence-corrected chi connectivity index (χ3v) is 6.15. The van der Waals surface area contributed by atoms with E-state index >= 15 is 0 Å².